The lowest BCUT2D eigenvalue weighted by atomic mass is 10.1. The number of amides is 1. The summed E-state index contributed by atoms with van der Waals surface area (Å²) < 4.78 is 13.8. The molecule has 0 aliphatic heterocycles. The third-order valence-corrected chi connectivity index (χ3v) is 3.21. The number of carbonyl (C=O) groups excluding carboxylic acids is 1. The van der Waals surface area contributed by atoms with E-state index in [9.17, 15) is 14.3 Å². The van der Waals surface area contributed by atoms with Crippen LogP contribution in [0.5, 0.6) is 5.75 Å². The number of alkyl halides is 1. The Morgan fingerprint density at radius 1 is 1.19 bits per heavy atom. The largest absolute Gasteiger partial charge is 0.508 e. The van der Waals surface area contributed by atoms with Crippen LogP contribution in [-0.2, 0) is 6.54 Å². The highest BCUT2D eigenvalue weighted by Crippen LogP contribution is 2.18. The van der Waals surface area contributed by atoms with Gasteiger partial charge in [0.2, 0.25) is 0 Å². The van der Waals surface area contributed by atoms with Crippen LogP contribution in [0, 0.1) is 5.82 Å². The average Bonchev–Trinajstić information content (AvgIpc) is 2.47. The second-order valence-electron chi connectivity index (χ2n) is 4.57. The third kappa shape index (κ3) is 3.95. The Morgan fingerprint density at radius 2 is 1.90 bits per heavy atom. The van der Waals surface area contributed by atoms with Crippen LogP contribution in [0.3, 0.4) is 0 Å². The summed E-state index contributed by atoms with van der Waals surface area (Å²) in [6.07, 6.45) is 0. The van der Waals surface area contributed by atoms with Gasteiger partial charge < -0.3 is 10.0 Å². The van der Waals surface area contributed by atoms with E-state index < -0.39 is 11.7 Å². The van der Waals surface area contributed by atoms with Gasteiger partial charge in [0.15, 0.2) is 0 Å². The van der Waals surface area contributed by atoms with Gasteiger partial charge in [0, 0.05) is 25.0 Å². The van der Waals surface area contributed by atoms with Crippen molar-refractivity contribution < 1.29 is 14.3 Å². The Balaban J connectivity index is 2.23. The van der Waals surface area contributed by atoms with Gasteiger partial charge in [0.25, 0.3) is 5.91 Å². The Hall–Kier alpha value is -2.07. The molecular formula is C16H15ClFNO2. The Morgan fingerprint density at radius 3 is 2.52 bits per heavy atom. The molecule has 0 aromatic heterocycles. The SMILES string of the molecule is O=C(c1ccc(O)cc1F)N(CCCl)Cc1ccccc1. The molecule has 1 amide bonds. The van der Waals surface area contributed by atoms with Crippen molar-refractivity contribution in [3.8, 4) is 5.75 Å². The molecule has 0 unspecified atom stereocenters. The average molecular weight is 308 g/mol. The van der Waals surface area contributed by atoms with Gasteiger partial charge in [-0.15, -0.1) is 11.6 Å². The number of halogens is 2. The van der Waals surface area contributed by atoms with Gasteiger partial charge in [-0.2, -0.15) is 0 Å². The van der Waals surface area contributed by atoms with Gasteiger partial charge in [-0.1, -0.05) is 30.3 Å². The van der Waals surface area contributed by atoms with Crippen LogP contribution < -0.4 is 0 Å². The molecule has 0 heterocycles. The predicted octanol–water partition coefficient (Wildman–Crippen LogP) is 3.41. The fourth-order valence-electron chi connectivity index (χ4n) is 2.01. The summed E-state index contributed by atoms with van der Waals surface area (Å²) in [5, 5.41) is 9.21. The quantitative estimate of drug-likeness (QED) is 0.860. The molecule has 21 heavy (non-hydrogen) atoms. The van der Waals surface area contributed by atoms with Crippen molar-refractivity contribution in [2.75, 3.05) is 12.4 Å². The van der Waals surface area contributed by atoms with Crippen molar-refractivity contribution in [2.45, 2.75) is 6.54 Å². The van der Waals surface area contributed by atoms with Crippen molar-refractivity contribution in [1.82, 2.24) is 4.90 Å². The van der Waals surface area contributed by atoms with E-state index in [0.717, 1.165) is 11.6 Å². The summed E-state index contributed by atoms with van der Waals surface area (Å²) in [5.74, 6) is -1.14. The van der Waals surface area contributed by atoms with E-state index in [1.54, 1.807) is 0 Å². The second kappa shape index (κ2) is 7.09. The van der Waals surface area contributed by atoms with E-state index in [-0.39, 0.29) is 17.2 Å². The third-order valence-electron chi connectivity index (χ3n) is 3.04. The summed E-state index contributed by atoms with van der Waals surface area (Å²) >= 11 is 5.73. The first-order valence-corrected chi connectivity index (χ1v) is 7.03. The van der Waals surface area contributed by atoms with E-state index in [1.165, 1.54) is 17.0 Å². The summed E-state index contributed by atoms with van der Waals surface area (Å²) in [5.41, 5.74) is 0.865. The van der Waals surface area contributed by atoms with Crippen LogP contribution in [0.25, 0.3) is 0 Å². The first-order valence-electron chi connectivity index (χ1n) is 6.49. The van der Waals surface area contributed by atoms with Crippen LogP contribution in [0.4, 0.5) is 4.39 Å². The number of benzene rings is 2. The number of hydrogen-bond acceptors (Lipinski definition) is 2. The standard InChI is InChI=1S/C16H15ClFNO2/c17-8-9-19(11-12-4-2-1-3-5-12)16(21)14-7-6-13(20)10-15(14)18/h1-7,10,20H,8-9,11H2. The number of nitrogens with zero attached hydrogens (tertiary/aromatic N) is 1. The fraction of sp³-hybridized carbons (Fsp3) is 0.188. The summed E-state index contributed by atoms with van der Waals surface area (Å²) in [6, 6.07) is 12.9. The molecule has 0 radical (unpaired) electrons. The summed E-state index contributed by atoms with van der Waals surface area (Å²) in [4.78, 5) is 13.9. The van der Waals surface area contributed by atoms with Crippen LogP contribution in [-0.4, -0.2) is 28.3 Å². The second-order valence-corrected chi connectivity index (χ2v) is 4.94. The van der Waals surface area contributed by atoms with Gasteiger partial charge in [-0.25, -0.2) is 4.39 Å². The van der Waals surface area contributed by atoms with E-state index in [2.05, 4.69) is 0 Å². The van der Waals surface area contributed by atoms with Gasteiger partial charge >= 0.3 is 0 Å². The molecule has 2 aromatic carbocycles. The minimum Gasteiger partial charge on any atom is -0.508 e. The minimum absolute atomic E-state index is 0.0751. The van der Waals surface area contributed by atoms with E-state index in [0.29, 0.717) is 13.1 Å². The zero-order chi connectivity index (χ0) is 15.2. The van der Waals surface area contributed by atoms with Gasteiger partial charge in [-0.05, 0) is 17.7 Å². The highest BCUT2D eigenvalue weighted by molar-refractivity contribution is 6.18. The minimum atomic E-state index is -0.743. The van der Waals surface area contributed by atoms with Gasteiger partial charge in [-0.3, -0.25) is 4.79 Å². The molecule has 2 rings (SSSR count). The number of rotatable bonds is 5. The molecule has 0 atom stereocenters. The van der Waals surface area contributed by atoms with Crippen molar-refractivity contribution in [2.24, 2.45) is 0 Å². The molecule has 2 aromatic rings. The predicted molar refractivity (Wildman–Crippen MR) is 80.0 cm³/mol. The molecule has 3 nitrogen and oxygen atoms in total. The highest BCUT2D eigenvalue weighted by Gasteiger charge is 2.19. The Kier molecular flexibility index (Phi) is 5.17. The first-order chi connectivity index (χ1) is 10.1. The van der Waals surface area contributed by atoms with Crippen molar-refractivity contribution in [3.05, 3.63) is 65.5 Å². The number of hydrogen-bond donors (Lipinski definition) is 1. The molecule has 0 aliphatic carbocycles. The first kappa shape index (κ1) is 15.3. The van der Waals surface area contributed by atoms with Crippen molar-refractivity contribution in [1.29, 1.82) is 0 Å². The molecule has 0 saturated heterocycles. The molecule has 0 fully saturated rings. The maximum atomic E-state index is 13.8. The van der Waals surface area contributed by atoms with Crippen molar-refractivity contribution in [3.63, 3.8) is 0 Å². The molecule has 110 valence electrons. The lowest BCUT2D eigenvalue weighted by molar-refractivity contribution is 0.0749. The van der Waals surface area contributed by atoms with Crippen LogP contribution in [0.2, 0.25) is 0 Å². The van der Waals surface area contributed by atoms with E-state index in [4.69, 9.17) is 11.6 Å². The molecule has 0 aliphatic rings. The Bertz CT molecular complexity index is 619. The molecule has 1 N–H and O–H groups in total. The smallest absolute Gasteiger partial charge is 0.257 e. The number of phenols is 1. The zero-order valence-corrected chi connectivity index (χ0v) is 12.1. The van der Waals surface area contributed by atoms with E-state index in [1.807, 2.05) is 30.3 Å². The molecule has 5 heteroatoms. The molecule has 0 spiro atoms. The highest BCUT2D eigenvalue weighted by atomic mass is 35.5. The number of phenolic OH excluding ortho intramolecular Hbond substituents is 1. The van der Waals surface area contributed by atoms with Crippen LogP contribution in [0.15, 0.2) is 48.5 Å². The van der Waals surface area contributed by atoms with Gasteiger partial charge in [0.1, 0.15) is 11.6 Å². The topological polar surface area (TPSA) is 40.5 Å². The Labute approximate surface area is 127 Å². The van der Waals surface area contributed by atoms with Crippen LogP contribution >= 0.6 is 11.6 Å². The molecule has 0 saturated carbocycles. The van der Waals surface area contributed by atoms with Crippen molar-refractivity contribution >= 4 is 17.5 Å². The molecule has 0 bridgehead atoms. The maximum absolute atomic E-state index is 13.8. The monoisotopic (exact) mass is 307 g/mol. The normalized spacial score (nSPS) is 10.4. The van der Waals surface area contributed by atoms with Crippen LogP contribution in [0.1, 0.15) is 15.9 Å². The molecular weight excluding hydrogens is 293 g/mol. The lowest BCUT2D eigenvalue weighted by Gasteiger charge is -2.22. The lowest BCUT2D eigenvalue weighted by Crippen LogP contribution is -2.32. The number of carbonyl (C=O) groups is 1. The fourth-order valence-corrected chi connectivity index (χ4v) is 2.21. The van der Waals surface area contributed by atoms with Gasteiger partial charge in [0.05, 0.1) is 5.56 Å². The zero-order valence-electron chi connectivity index (χ0n) is 11.3. The summed E-state index contributed by atoms with van der Waals surface area (Å²) in [7, 11) is 0. The maximum Gasteiger partial charge on any atom is 0.257 e. The number of aromatic hydroxyl groups is 1. The van der Waals surface area contributed by atoms with E-state index >= 15 is 0 Å². The summed E-state index contributed by atoms with van der Waals surface area (Å²) in [6.45, 7) is 0.669.